The summed E-state index contributed by atoms with van der Waals surface area (Å²) in [4.78, 5) is 13.5. The summed E-state index contributed by atoms with van der Waals surface area (Å²) in [5.74, 6) is 2.24. The number of allylic oxidation sites excluding steroid dienone is 1. The Hall–Kier alpha value is -3.25. The Balaban J connectivity index is 1.35. The zero-order chi connectivity index (χ0) is 23.6. The molecule has 0 spiro atoms. The molecule has 172 valence electrons. The van der Waals surface area contributed by atoms with Crippen LogP contribution in [0.2, 0.25) is 0 Å². The molecular formula is C28H26FN3OS. The number of aromatic nitrogens is 2. The Kier molecular flexibility index (Phi) is 4.96. The highest BCUT2D eigenvalue weighted by Gasteiger charge is 2.29. The number of rotatable bonds is 4. The maximum atomic E-state index is 15.1. The molecule has 34 heavy (non-hydrogen) atoms. The molecule has 0 saturated heterocycles. The molecule has 1 N–H and O–H groups in total. The first-order valence-electron chi connectivity index (χ1n) is 11.7. The van der Waals surface area contributed by atoms with Crippen LogP contribution in [0.3, 0.4) is 0 Å². The fourth-order valence-corrected chi connectivity index (χ4v) is 5.82. The van der Waals surface area contributed by atoms with Crippen LogP contribution in [0.25, 0.3) is 37.4 Å². The molecule has 0 radical (unpaired) electrons. The number of nitrogens with one attached hydrogen (secondary N) is 1. The quantitative estimate of drug-likeness (QED) is 0.330. The molecule has 6 heteroatoms. The molecule has 2 aliphatic heterocycles. The predicted octanol–water partition coefficient (Wildman–Crippen LogP) is 7.83. The van der Waals surface area contributed by atoms with Crippen molar-refractivity contribution in [3.05, 3.63) is 65.5 Å². The Morgan fingerprint density at radius 3 is 2.59 bits per heavy atom. The number of thiophene rings is 1. The molecule has 0 fully saturated rings. The predicted molar refractivity (Wildman–Crippen MR) is 138 cm³/mol. The molecule has 4 heterocycles. The van der Waals surface area contributed by atoms with E-state index in [0.29, 0.717) is 23.8 Å². The molecule has 0 bridgehead atoms. The number of benzene rings is 2. The second-order valence-electron chi connectivity index (χ2n) is 9.65. The van der Waals surface area contributed by atoms with Crippen molar-refractivity contribution in [2.24, 2.45) is 10.9 Å². The number of hydrogen-bond donors (Lipinski definition) is 1. The number of H-pyrrole nitrogens is 1. The van der Waals surface area contributed by atoms with E-state index in [4.69, 9.17) is 9.73 Å². The summed E-state index contributed by atoms with van der Waals surface area (Å²) in [6, 6.07) is 11.8. The molecule has 0 amide bonds. The van der Waals surface area contributed by atoms with Crippen molar-refractivity contribution >= 4 is 32.7 Å². The SMILES string of the molecule is CC(C)C1=NC2=C(C1)c1ccc3cc(-c4ccc(-c5cnc(C(C)C)[nH]5)c(F)c4)sc3c1OC2. The number of aliphatic imine (C=N–C) groups is 1. The van der Waals surface area contributed by atoms with Crippen LogP contribution < -0.4 is 4.74 Å². The van der Waals surface area contributed by atoms with Gasteiger partial charge in [0, 0.05) is 34.1 Å². The summed E-state index contributed by atoms with van der Waals surface area (Å²) in [6.07, 6.45) is 2.60. The standard InChI is InChI=1S/C28H26FN3OS/c1-14(2)22-11-20-18-7-6-17-10-25(34-27(17)26(18)33-13-24(20)31-22)16-5-8-19(21(29)9-16)23-12-30-28(32-23)15(3)4/h5-10,12,14-15H,11,13H2,1-4H3,(H,30,32). The molecular weight excluding hydrogens is 445 g/mol. The van der Waals surface area contributed by atoms with Crippen LogP contribution in [-0.4, -0.2) is 22.3 Å². The minimum absolute atomic E-state index is 0.258. The van der Waals surface area contributed by atoms with Crippen molar-refractivity contribution in [2.75, 3.05) is 6.61 Å². The van der Waals surface area contributed by atoms with E-state index < -0.39 is 0 Å². The summed E-state index contributed by atoms with van der Waals surface area (Å²) in [7, 11) is 0. The zero-order valence-corrected chi connectivity index (χ0v) is 20.5. The number of halogens is 1. The molecule has 0 unspecified atom stereocenters. The van der Waals surface area contributed by atoms with Gasteiger partial charge in [-0.05, 0) is 40.6 Å². The average molecular weight is 472 g/mol. The molecule has 2 aliphatic rings. The maximum Gasteiger partial charge on any atom is 0.145 e. The minimum atomic E-state index is -0.258. The summed E-state index contributed by atoms with van der Waals surface area (Å²) in [6.45, 7) is 9.01. The van der Waals surface area contributed by atoms with Gasteiger partial charge in [-0.25, -0.2) is 9.37 Å². The molecule has 2 aromatic carbocycles. The number of ether oxygens (including phenoxy) is 1. The van der Waals surface area contributed by atoms with Gasteiger partial charge >= 0.3 is 0 Å². The zero-order valence-electron chi connectivity index (χ0n) is 19.7. The number of imidazole rings is 1. The third-order valence-electron chi connectivity index (χ3n) is 6.66. The van der Waals surface area contributed by atoms with Crippen molar-refractivity contribution in [3.63, 3.8) is 0 Å². The highest BCUT2D eigenvalue weighted by atomic mass is 32.1. The molecule has 4 nitrogen and oxygen atoms in total. The van der Waals surface area contributed by atoms with Gasteiger partial charge in [0.05, 0.1) is 22.3 Å². The van der Waals surface area contributed by atoms with Crippen LogP contribution in [0, 0.1) is 11.7 Å². The van der Waals surface area contributed by atoms with E-state index in [2.05, 4.69) is 55.9 Å². The third kappa shape index (κ3) is 3.40. The Morgan fingerprint density at radius 2 is 1.85 bits per heavy atom. The lowest BCUT2D eigenvalue weighted by Gasteiger charge is -2.19. The highest BCUT2D eigenvalue weighted by molar-refractivity contribution is 7.22. The van der Waals surface area contributed by atoms with E-state index in [1.807, 2.05) is 12.1 Å². The van der Waals surface area contributed by atoms with Gasteiger partial charge in [0.2, 0.25) is 0 Å². The van der Waals surface area contributed by atoms with Gasteiger partial charge in [0.1, 0.15) is 24.0 Å². The minimum Gasteiger partial charge on any atom is -0.485 e. The maximum absolute atomic E-state index is 15.1. The van der Waals surface area contributed by atoms with E-state index in [-0.39, 0.29) is 11.7 Å². The molecule has 4 aromatic rings. The van der Waals surface area contributed by atoms with Gasteiger partial charge in [-0.15, -0.1) is 11.3 Å². The lowest BCUT2D eigenvalue weighted by atomic mass is 9.94. The van der Waals surface area contributed by atoms with Gasteiger partial charge in [-0.3, -0.25) is 4.99 Å². The molecule has 0 saturated carbocycles. The average Bonchev–Trinajstić information content (AvgIpc) is 3.56. The summed E-state index contributed by atoms with van der Waals surface area (Å²) in [5.41, 5.74) is 6.82. The smallest absolute Gasteiger partial charge is 0.145 e. The molecule has 0 atom stereocenters. The van der Waals surface area contributed by atoms with Gasteiger partial charge in [0.25, 0.3) is 0 Å². The van der Waals surface area contributed by atoms with Crippen LogP contribution in [0.15, 0.2) is 53.3 Å². The summed E-state index contributed by atoms with van der Waals surface area (Å²) >= 11 is 1.65. The van der Waals surface area contributed by atoms with E-state index in [1.165, 1.54) is 11.3 Å². The first-order valence-corrected chi connectivity index (χ1v) is 12.5. The third-order valence-corrected chi connectivity index (χ3v) is 7.86. The number of fused-ring (bicyclic) bond motifs is 4. The van der Waals surface area contributed by atoms with E-state index in [0.717, 1.165) is 49.8 Å². The van der Waals surface area contributed by atoms with Crippen molar-refractivity contribution in [1.29, 1.82) is 0 Å². The molecule has 6 rings (SSSR count). The molecule has 2 aromatic heterocycles. The Labute approximate surface area is 202 Å². The first kappa shape index (κ1) is 21.3. The Bertz CT molecular complexity index is 1510. The normalized spacial score (nSPS) is 15.2. The summed E-state index contributed by atoms with van der Waals surface area (Å²) < 4.78 is 22.4. The summed E-state index contributed by atoms with van der Waals surface area (Å²) in [5, 5.41) is 1.12. The van der Waals surface area contributed by atoms with E-state index in [9.17, 15) is 0 Å². The van der Waals surface area contributed by atoms with Gasteiger partial charge in [-0.2, -0.15) is 0 Å². The lowest BCUT2D eigenvalue weighted by Crippen LogP contribution is -2.08. The van der Waals surface area contributed by atoms with Crippen LogP contribution in [0.5, 0.6) is 5.75 Å². The van der Waals surface area contributed by atoms with Crippen molar-refractivity contribution in [2.45, 2.75) is 40.0 Å². The van der Waals surface area contributed by atoms with Gasteiger partial charge < -0.3 is 9.72 Å². The van der Waals surface area contributed by atoms with Crippen LogP contribution in [0.4, 0.5) is 4.39 Å². The number of nitrogens with zero attached hydrogens (tertiary/aromatic N) is 2. The molecule has 0 aliphatic carbocycles. The van der Waals surface area contributed by atoms with Crippen LogP contribution >= 0.6 is 11.3 Å². The Morgan fingerprint density at radius 1 is 1.03 bits per heavy atom. The van der Waals surface area contributed by atoms with Crippen LogP contribution in [-0.2, 0) is 0 Å². The van der Waals surface area contributed by atoms with Gasteiger partial charge in [0.15, 0.2) is 0 Å². The van der Waals surface area contributed by atoms with Crippen molar-refractivity contribution < 1.29 is 9.13 Å². The fourth-order valence-electron chi connectivity index (χ4n) is 4.66. The number of hydrogen-bond acceptors (Lipinski definition) is 4. The monoisotopic (exact) mass is 471 g/mol. The van der Waals surface area contributed by atoms with Crippen molar-refractivity contribution in [3.8, 4) is 27.4 Å². The largest absolute Gasteiger partial charge is 0.485 e. The van der Waals surface area contributed by atoms with Crippen molar-refractivity contribution in [1.82, 2.24) is 9.97 Å². The van der Waals surface area contributed by atoms with E-state index >= 15 is 4.39 Å². The second kappa shape index (κ2) is 7.91. The fraction of sp³-hybridized carbons (Fsp3) is 0.286. The first-order chi connectivity index (χ1) is 16.4. The van der Waals surface area contributed by atoms with Crippen LogP contribution in [0.1, 0.15) is 51.4 Å². The van der Waals surface area contributed by atoms with E-state index in [1.54, 1.807) is 23.6 Å². The topological polar surface area (TPSA) is 50.3 Å². The second-order valence-corrected chi connectivity index (χ2v) is 10.7. The lowest BCUT2D eigenvalue weighted by molar-refractivity contribution is 0.350. The number of aromatic amines is 1. The van der Waals surface area contributed by atoms with Gasteiger partial charge in [-0.1, -0.05) is 45.9 Å². The highest BCUT2D eigenvalue weighted by Crippen LogP contribution is 2.47.